The molecule has 0 bridgehead atoms. The molecule has 0 saturated carbocycles. The maximum absolute atomic E-state index is 12.9. The Bertz CT molecular complexity index is 480. The number of hydrogen-bond acceptors (Lipinski definition) is 3. The third kappa shape index (κ3) is 3.92. The lowest BCUT2D eigenvalue weighted by atomic mass is 10.1. The van der Waals surface area contributed by atoms with E-state index >= 15 is 0 Å². The molecule has 8 heteroatoms. The van der Waals surface area contributed by atoms with Crippen LogP contribution < -0.4 is 4.74 Å². The van der Waals surface area contributed by atoms with Gasteiger partial charge in [0.25, 0.3) is 0 Å². The molecule has 0 fully saturated rings. The van der Waals surface area contributed by atoms with Gasteiger partial charge in [-0.3, -0.25) is 4.79 Å². The summed E-state index contributed by atoms with van der Waals surface area (Å²) in [5.74, 6) is -6.35. The second-order valence-electron chi connectivity index (χ2n) is 3.74. The summed E-state index contributed by atoms with van der Waals surface area (Å²) in [6, 6.07) is 3.26. The molecule has 0 aliphatic heterocycles. The second-order valence-corrected chi connectivity index (χ2v) is 4.59. The maximum atomic E-state index is 12.9. The van der Waals surface area contributed by atoms with Crippen molar-refractivity contribution in [3.05, 3.63) is 28.2 Å². The molecule has 0 atom stereocenters. The Morgan fingerprint density at radius 2 is 2.00 bits per heavy atom. The van der Waals surface area contributed by atoms with Crippen molar-refractivity contribution >= 4 is 21.7 Å². The molecule has 20 heavy (non-hydrogen) atoms. The summed E-state index contributed by atoms with van der Waals surface area (Å²) in [4.78, 5) is 11.3. The minimum Gasteiger partial charge on any atom is -0.490 e. The molecule has 0 aliphatic rings. The van der Waals surface area contributed by atoms with Gasteiger partial charge in [0.05, 0.1) is 11.1 Å². The number of carbonyl (C=O) groups is 1. The molecule has 1 rings (SSSR count). The maximum Gasteiger partial charge on any atom is 0.368 e. The van der Waals surface area contributed by atoms with E-state index in [-0.39, 0.29) is 11.1 Å². The highest BCUT2D eigenvalue weighted by atomic mass is 79.9. The number of Topliss-reactive ketones (excluding diaryl/α,β-unsaturated/α-hetero) is 1. The minimum absolute atomic E-state index is 0.213. The summed E-state index contributed by atoms with van der Waals surface area (Å²) in [6.07, 6.45) is -4.05. The van der Waals surface area contributed by atoms with Crippen molar-refractivity contribution in [1.82, 2.24) is 0 Å². The Kier molecular flexibility index (Phi) is 5.94. The zero-order chi connectivity index (χ0) is 15.3. The van der Waals surface area contributed by atoms with Crippen molar-refractivity contribution in [2.45, 2.75) is 12.3 Å². The van der Waals surface area contributed by atoms with Crippen LogP contribution >= 0.6 is 15.9 Å². The molecule has 0 aliphatic carbocycles. The van der Waals surface area contributed by atoms with Gasteiger partial charge in [0.15, 0.2) is 0 Å². The number of carbonyl (C=O) groups excluding carboxylic acids is 1. The van der Waals surface area contributed by atoms with E-state index in [1.54, 1.807) is 0 Å². The molecule has 112 valence electrons. The Morgan fingerprint density at radius 3 is 2.50 bits per heavy atom. The highest BCUT2D eigenvalue weighted by Crippen LogP contribution is 2.31. The fraction of sp³-hybridized carbons (Fsp3) is 0.417. The van der Waals surface area contributed by atoms with Gasteiger partial charge in [-0.05, 0) is 34.1 Å². The molecular formula is C12H11BrF4O3. The van der Waals surface area contributed by atoms with Crippen molar-refractivity contribution in [2.24, 2.45) is 0 Å². The van der Waals surface area contributed by atoms with Crippen molar-refractivity contribution in [3.63, 3.8) is 0 Å². The third-order valence-corrected chi connectivity index (χ3v) is 2.94. The second kappa shape index (κ2) is 7.03. The smallest absolute Gasteiger partial charge is 0.368 e. The lowest BCUT2D eigenvalue weighted by Gasteiger charge is -2.14. The molecule has 0 heterocycles. The van der Waals surface area contributed by atoms with Crippen LogP contribution in [0.5, 0.6) is 5.75 Å². The van der Waals surface area contributed by atoms with E-state index in [0.717, 1.165) is 12.1 Å². The van der Waals surface area contributed by atoms with Gasteiger partial charge in [-0.2, -0.15) is 8.78 Å². The van der Waals surface area contributed by atoms with Gasteiger partial charge in [0.2, 0.25) is 5.78 Å². The summed E-state index contributed by atoms with van der Waals surface area (Å²) >= 11 is 3.02. The number of alkyl halides is 4. The number of halogens is 5. The first kappa shape index (κ1) is 16.9. The van der Waals surface area contributed by atoms with Gasteiger partial charge >= 0.3 is 12.3 Å². The topological polar surface area (TPSA) is 35.5 Å². The van der Waals surface area contributed by atoms with E-state index in [1.165, 1.54) is 13.2 Å². The number of methoxy groups -OCH3 is 1. The van der Waals surface area contributed by atoms with E-state index < -0.39 is 23.7 Å². The third-order valence-electron chi connectivity index (χ3n) is 2.32. The van der Waals surface area contributed by atoms with Crippen LogP contribution in [0.3, 0.4) is 0 Å². The molecule has 1 aromatic rings. The SMILES string of the molecule is COCCOc1ccc(C(=O)C(F)(F)C(F)F)cc1Br. The normalized spacial score (nSPS) is 11.8. The summed E-state index contributed by atoms with van der Waals surface area (Å²) in [5, 5.41) is 0. The number of rotatable bonds is 7. The minimum atomic E-state index is -4.71. The molecular weight excluding hydrogens is 348 g/mol. The van der Waals surface area contributed by atoms with Gasteiger partial charge in [-0.25, -0.2) is 8.78 Å². The summed E-state index contributed by atoms with van der Waals surface area (Å²) < 4.78 is 60.3. The van der Waals surface area contributed by atoms with Crippen LogP contribution in [0.1, 0.15) is 10.4 Å². The van der Waals surface area contributed by atoms with Crippen molar-refractivity contribution in [2.75, 3.05) is 20.3 Å². The zero-order valence-electron chi connectivity index (χ0n) is 10.3. The Balaban J connectivity index is 2.89. The van der Waals surface area contributed by atoms with Crippen LogP contribution in [-0.4, -0.2) is 38.5 Å². The van der Waals surface area contributed by atoms with E-state index in [4.69, 9.17) is 9.47 Å². The summed E-state index contributed by atoms with van der Waals surface area (Å²) in [6.45, 7) is 0.534. The first-order chi connectivity index (χ1) is 9.30. The average molecular weight is 359 g/mol. The average Bonchev–Trinajstić information content (AvgIpc) is 2.39. The predicted molar refractivity (Wildman–Crippen MR) is 66.8 cm³/mol. The van der Waals surface area contributed by atoms with E-state index in [9.17, 15) is 22.4 Å². The van der Waals surface area contributed by atoms with Gasteiger partial charge < -0.3 is 9.47 Å². The zero-order valence-corrected chi connectivity index (χ0v) is 11.9. The fourth-order valence-corrected chi connectivity index (χ4v) is 1.78. The van der Waals surface area contributed by atoms with Gasteiger partial charge in [-0.15, -0.1) is 0 Å². The van der Waals surface area contributed by atoms with Crippen LogP contribution in [0, 0.1) is 0 Å². The van der Waals surface area contributed by atoms with Crippen molar-refractivity contribution in [1.29, 1.82) is 0 Å². The van der Waals surface area contributed by atoms with Crippen molar-refractivity contribution in [3.8, 4) is 5.75 Å². The van der Waals surface area contributed by atoms with Crippen LogP contribution in [0.4, 0.5) is 17.6 Å². The van der Waals surface area contributed by atoms with E-state index in [2.05, 4.69) is 15.9 Å². The largest absolute Gasteiger partial charge is 0.490 e. The van der Waals surface area contributed by atoms with Crippen LogP contribution in [-0.2, 0) is 4.74 Å². The molecule has 0 unspecified atom stereocenters. The standard InChI is InChI=1S/C12H11BrF4O3/c1-19-4-5-20-9-3-2-7(6-8(9)13)10(18)12(16,17)11(14)15/h2-3,6,11H,4-5H2,1H3. The molecule has 0 amide bonds. The molecule has 0 radical (unpaired) electrons. The lowest BCUT2D eigenvalue weighted by Crippen LogP contribution is -2.36. The number of ketones is 1. The molecule has 0 saturated heterocycles. The molecule has 1 aromatic carbocycles. The van der Waals surface area contributed by atoms with Gasteiger partial charge in [-0.1, -0.05) is 0 Å². The Hall–Kier alpha value is -1.15. The number of hydrogen-bond donors (Lipinski definition) is 0. The molecule has 0 N–H and O–H groups in total. The summed E-state index contributed by atoms with van der Waals surface area (Å²) in [7, 11) is 1.48. The van der Waals surface area contributed by atoms with Crippen LogP contribution in [0.25, 0.3) is 0 Å². The molecule has 3 nitrogen and oxygen atoms in total. The highest BCUT2D eigenvalue weighted by Gasteiger charge is 2.49. The Morgan fingerprint density at radius 1 is 1.35 bits per heavy atom. The first-order valence-electron chi connectivity index (χ1n) is 5.42. The van der Waals surface area contributed by atoms with Crippen molar-refractivity contribution < 1.29 is 31.8 Å². The van der Waals surface area contributed by atoms with Crippen LogP contribution in [0.2, 0.25) is 0 Å². The van der Waals surface area contributed by atoms with Gasteiger partial charge in [0, 0.05) is 12.7 Å². The molecule has 0 aromatic heterocycles. The first-order valence-corrected chi connectivity index (χ1v) is 6.22. The number of ether oxygens (including phenoxy) is 2. The predicted octanol–water partition coefficient (Wildman–Crippen LogP) is 3.56. The van der Waals surface area contributed by atoms with E-state index in [1.807, 2.05) is 0 Å². The quantitative estimate of drug-likeness (QED) is 0.424. The van der Waals surface area contributed by atoms with Crippen LogP contribution in [0.15, 0.2) is 22.7 Å². The van der Waals surface area contributed by atoms with Gasteiger partial charge in [0.1, 0.15) is 12.4 Å². The molecule has 0 spiro atoms. The highest BCUT2D eigenvalue weighted by molar-refractivity contribution is 9.10. The Labute approximate surface area is 121 Å². The summed E-state index contributed by atoms with van der Waals surface area (Å²) in [5.41, 5.74) is -0.527. The fourth-order valence-electron chi connectivity index (χ4n) is 1.29. The lowest BCUT2D eigenvalue weighted by molar-refractivity contribution is -0.0958. The number of benzene rings is 1. The monoisotopic (exact) mass is 358 g/mol. The van der Waals surface area contributed by atoms with E-state index in [0.29, 0.717) is 12.4 Å².